The van der Waals surface area contributed by atoms with Crippen molar-refractivity contribution < 1.29 is 14.7 Å². The van der Waals surface area contributed by atoms with Crippen molar-refractivity contribution in [2.24, 2.45) is 5.92 Å². The van der Waals surface area contributed by atoms with Gasteiger partial charge in [-0.25, -0.2) is 0 Å². The average molecular weight is 332 g/mol. The summed E-state index contributed by atoms with van der Waals surface area (Å²) in [5, 5.41) is 12.5. The minimum absolute atomic E-state index is 0.0405. The summed E-state index contributed by atoms with van der Waals surface area (Å²) in [7, 11) is 0. The molecule has 21 heavy (non-hydrogen) atoms. The number of carbonyl (C=O) groups is 2. The molecule has 0 aromatic heterocycles. The molecule has 4 nitrogen and oxygen atoms in total. The Hall–Kier alpha value is -1.26. The number of hydrogen-bond acceptors (Lipinski definition) is 2. The fourth-order valence-electron chi connectivity index (χ4n) is 1.91. The first-order valence-electron chi connectivity index (χ1n) is 6.75. The van der Waals surface area contributed by atoms with Crippen LogP contribution in [-0.4, -0.2) is 23.0 Å². The van der Waals surface area contributed by atoms with E-state index < -0.39 is 5.97 Å². The Morgan fingerprint density at radius 3 is 2.52 bits per heavy atom. The molecular formula is C15H19Cl2NO3. The lowest BCUT2D eigenvalue weighted by atomic mass is 9.99. The van der Waals surface area contributed by atoms with Crippen LogP contribution < -0.4 is 5.32 Å². The SMILES string of the molecule is CC(CCC(=O)O)NC(=O)C(C)Cc1ccc(Cl)cc1Cl. The van der Waals surface area contributed by atoms with Gasteiger partial charge in [-0.05, 0) is 37.5 Å². The molecule has 0 heterocycles. The minimum atomic E-state index is -0.864. The van der Waals surface area contributed by atoms with E-state index in [1.807, 2.05) is 13.0 Å². The zero-order chi connectivity index (χ0) is 16.0. The van der Waals surface area contributed by atoms with Gasteiger partial charge in [-0.3, -0.25) is 9.59 Å². The highest BCUT2D eigenvalue weighted by molar-refractivity contribution is 6.35. The lowest BCUT2D eigenvalue weighted by Crippen LogP contribution is -2.37. The third-order valence-electron chi connectivity index (χ3n) is 3.17. The highest BCUT2D eigenvalue weighted by Gasteiger charge is 2.17. The average Bonchev–Trinajstić information content (AvgIpc) is 2.39. The van der Waals surface area contributed by atoms with Gasteiger partial charge in [0.1, 0.15) is 0 Å². The van der Waals surface area contributed by atoms with Crippen molar-refractivity contribution >= 4 is 35.1 Å². The fraction of sp³-hybridized carbons (Fsp3) is 0.467. The van der Waals surface area contributed by atoms with Gasteiger partial charge >= 0.3 is 5.97 Å². The summed E-state index contributed by atoms with van der Waals surface area (Å²) >= 11 is 11.9. The van der Waals surface area contributed by atoms with Gasteiger partial charge in [0.15, 0.2) is 0 Å². The molecule has 0 spiro atoms. The van der Waals surface area contributed by atoms with Crippen LogP contribution in [-0.2, 0) is 16.0 Å². The van der Waals surface area contributed by atoms with Gasteiger partial charge < -0.3 is 10.4 Å². The Morgan fingerprint density at radius 1 is 1.29 bits per heavy atom. The zero-order valence-electron chi connectivity index (χ0n) is 12.0. The first-order valence-corrected chi connectivity index (χ1v) is 7.51. The fourth-order valence-corrected chi connectivity index (χ4v) is 2.39. The van der Waals surface area contributed by atoms with Gasteiger partial charge in [-0.1, -0.05) is 36.2 Å². The lowest BCUT2D eigenvalue weighted by molar-refractivity contribution is -0.137. The van der Waals surface area contributed by atoms with Gasteiger partial charge in [0.25, 0.3) is 0 Å². The quantitative estimate of drug-likeness (QED) is 0.802. The molecule has 2 N–H and O–H groups in total. The predicted octanol–water partition coefficient (Wildman–Crippen LogP) is 3.54. The predicted molar refractivity (Wildman–Crippen MR) is 83.8 cm³/mol. The maximum Gasteiger partial charge on any atom is 0.303 e. The van der Waals surface area contributed by atoms with E-state index in [-0.39, 0.29) is 24.3 Å². The molecule has 116 valence electrons. The summed E-state index contributed by atoms with van der Waals surface area (Å²) in [6, 6.07) is 5.03. The van der Waals surface area contributed by atoms with Crippen molar-refractivity contribution in [3.63, 3.8) is 0 Å². The van der Waals surface area contributed by atoms with Crippen molar-refractivity contribution in [3.05, 3.63) is 33.8 Å². The topological polar surface area (TPSA) is 66.4 Å². The molecule has 1 aromatic carbocycles. The van der Waals surface area contributed by atoms with E-state index in [4.69, 9.17) is 28.3 Å². The smallest absolute Gasteiger partial charge is 0.303 e. The molecule has 0 radical (unpaired) electrons. The van der Waals surface area contributed by atoms with Crippen LogP contribution in [0.5, 0.6) is 0 Å². The molecule has 6 heteroatoms. The van der Waals surface area contributed by atoms with Gasteiger partial charge in [0.2, 0.25) is 5.91 Å². The number of halogens is 2. The molecule has 0 bridgehead atoms. The number of amides is 1. The second-order valence-electron chi connectivity index (χ2n) is 5.18. The number of nitrogens with one attached hydrogen (secondary N) is 1. The van der Waals surface area contributed by atoms with Crippen LogP contribution >= 0.6 is 23.2 Å². The van der Waals surface area contributed by atoms with Crippen LogP contribution in [0.2, 0.25) is 10.0 Å². The Balaban J connectivity index is 2.52. The van der Waals surface area contributed by atoms with Crippen molar-refractivity contribution in [2.75, 3.05) is 0 Å². The number of hydrogen-bond donors (Lipinski definition) is 2. The van der Waals surface area contributed by atoms with E-state index in [0.29, 0.717) is 22.9 Å². The standard InChI is InChI=1S/C15H19Cl2NO3/c1-9(7-11-4-5-12(16)8-13(11)17)15(21)18-10(2)3-6-14(19)20/h4-5,8-10H,3,6-7H2,1-2H3,(H,18,21)(H,19,20). The van der Waals surface area contributed by atoms with E-state index in [0.717, 1.165) is 5.56 Å². The van der Waals surface area contributed by atoms with Crippen LogP contribution in [0.1, 0.15) is 32.3 Å². The highest BCUT2D eigenvalue weighted by Crippen LogP contribution is 2.23. The molecule has 0 saturated heterocycles. The van der Waals surface area contributed by atoms with Crippen LogP contribution in [0, 0.1) is 5.92 Å². The molecule has 1 rings (SSSR count). The summed E-state index contributed by atoms with van der Waals surface area (Å²) in [5.41, 5.74) is 0.863. The van der Waals surface area contributed by atoms with Gasteiger partial charge in [-0.15, -0.1) is 0 Å². The molecular weight excluding hydrogens is 313 g/mol. The van der Waals surface area contributed by atoms with Crippen molar-refractivity contribution in [3.8, 4) is 0 Å². The number of carboxylic acid groups (broad SMARTS) is 1. The van der Waals surface area contributed by atoms with Gasteiger partial charge in [-0.2, -0.15) is 0 Å². The number of rotatable bonds is 7. The van der Waals surface area contributed by atoms with Crippen LogP contribution in [0.3, 0.4) is 0 Å². The molecule has 0 fully saturated rings. The first-order chi connectivity index (χ1) is 9.79. The molecule has 0 saturated carbocycles. The normalized spacial score (nSPS) is 13.5. The second kappa shape index (κ2) is 8.25. The molecule has 1 aromatic rings. The lowest BCUT2D eigenvalue weighted by Gasteiger charge is -2.17. The van der Waals surface area contributed by atoms with Gasteiger partial charge in [0, 0.05) is 28.4 Å². The van der Waals surface area contributed by atoms with Crippen molar-refractivity contribution in [2.45, 2.75) is 39.2 Å². The number of benzene rings is 1. The number of carboxylic acids is 1. The number of aliphatic carboxylic acids is 1. The monoisotopic (exact) mass is 331 g/mol. The number of carbonyl (C=O) groups excluding carboxylic acids is 1. The van der Waals surface area contributed by atoms with Gasteiger partial charge in [0.05, 0.1) is 0 Å². The largest absolute Gasteiger partial charge is 0.481 e. The summed E-state index contributed by atoms with van der Waals surface area (Å²) in [4.78, 5) is 22.5. The molecule has 0 aliphatic carbocycles. The van der Waals surface area contributed by atoms with E-state index >= 15 is 0 Å². The van der Waals surface area contributed by atoms with Crippen molar-refractivity contribution in [1.29, 1.82) is 0 Å². The summed E-state index contributed by atoms with van der Waals surface area (Å²) in [5.74, 6) is -1.23. The van der Waals surface area contributed by atoms with E-state index in [2.05, 4.69) is 5.32 Å². The minimum Gasteiger partial charge on any atom is -0.481 e. The van der Waals surface area contributed by atoms with E-state index in [1.54, 1.807) is 19.1 Å². The Kier molecular flexibility index (Phi) is 6.99. The maximum absolute atomic E-state index is 12.1. The first kappa shape index (κ1) is 17.8. The summed E-state index contributed by atoms with van der Waals surface area (Å²) < 4.78 is 0. The summed E-state index contributed by atoms with van der Waals surface area (Å²) in [6.07, 6.45) is 0.960. The Labute approximate surface area is 134 Å². The second-order valence-corrected chi connectivity index (χ2v) is 6.03. The summed E-state index contributed by atoms with van der Waals surface area (Å²) in [6.45, 7) is 3.60. The van der Waals surface area contributed by atoms with Crippen LogP contribution in [0.15, 0.2) is 18.2 Å². The Morgan fingerprint density at radius 2 is 1.95 bits per heavy atom. The Bertz CT molecular complexity index is 520. The molecule has 1 amide bonds. The van der Waals surface area contributed by atoms with Crippen LogP contribution in [0.4, 0.5) is 0 Å². The molecule has 0 aliphatic heterocycles. The maximum atomic E-state index is 12.1. The molecule has 2 atom stereocenters. The third-order valence-corrected chi connectivity index (χ3v) is 3.76. The van der Waals surface area contributed by atoms with E-state index in [9.17, 15) is 9.59 Å². The third kappa shape index (κ3) is 6.36. The van der Waals surface area contributed by atoms with Crippen LogP contribution in [0.25, 0.3) is 0 Å². The molecule has 2 unspecified atom stereocenters. The molecule has 0 aliphatic rings. The highest BCUT2D eigenvalue weighted by atomic mass is 35.5. The zero-order valence-corrected chi connectivity index (χ0v) is 13.5. The van der Waals surface area contributed by atoms with Crippen molar-refractivity contribution in [1.82, 2.24) is 5.32 Å². The van der Waals surface area contributed by atoms with E-state index in [1.165, 1.54) is 0 Å².